The molecule has 0 aliphatic carbocycles. The van der Waals surface area contributed by atoms with Crippen LogP contribution < -0.4 is 0 Å². The molecule has 1 fully saturated rings. The highest BCUT2D eigenvalue weighted by molar-refractivity contribution is 6.33. The summed E-state index contributed by atoms with van der Waals surface area (Å²) >= 11 is 6.34. The molecule has 5 nitrogen and oxygen atoms in total. The SMILES string of the molecule is CN1CCN(C(=O)c2cnn(-c3ccccc3)c2Cl)CC1. The van der Waals surface area contributed by atoms with Crippen molar-refractivity contribution in [3.05, 3.63) is 47.2 Å². The quantitative estimate of drug-likeness (QED) is 0.851. The molecule has 0 radical (unpaired) electrons. The van der Waals surface area contributed by atoms with Gasteiger partial charge in [0.15, 0.2) is 0 Å². The fourth-order valence-electron chi connectivity index (χ4n) is 2.41. The third-order valence-corrected chi connectivity index (χ3v) is 4.10. The second-order valence-corrected chi connectivity index (χ2v) is 5.55. The largest absolute Gasteiger partial charge is 0.336 e. The molecule has 0 unspecified atom stereocenters. The summed E-state index contributed by atoms with van der Waals surface area (Å²) < 4.78 is 1.59. The molecule has 6 heteroatoms. The van der Waals surface area contributed by atoms with Gasteiger partial charge in [-0.05, 0) is 19.2 Å². The van der Waals surface area contributed by atoms with Crippen molar-refractivity contribution in [2.75, 3.05) is 33.2 Å². The van der Waals surface area contributed by atoms with Gasteiger partial charge in [0.1, 0.15) is 5.15 Å². The number of hydrogen-bond acceptors (Lipinski definition) is 3. The van der Waals surface area contributed by atoms with Crippen LogP contribution in [0.3, 0.4) is 0 Å². The minimum absolute atomic E-state index is 0.0460. The van der Waals surface area contributed by atoms with Gasteiger partial charge in [0, 0.05) is 26.2 Å². The van der Waals surface area contributed by atoms with Crippen LogP contribution in [-0.4, -0.2) is 58.7 Å². The molecule has 1 aromatic carbocycles. The van der Waals surface area contributed by atoms with E-state index >= 15 is 0 Å². The molecule has 2 heterocycles. The van der Waals surface area contributed by atoms with Crippen LogP contribution in [0.4, 0.5) is 0 Å². The molecule has 1 amide bonds. The van der Waals surface area contributed by atoms with E-state index in [4.69, 9.17) is 11.6 Å². The molecule has 0 spiro atoms. The van der Waals surface area contributed by atoms with E-state index in [1.54, 1.807) is 10.9 Å². The summed E-state index contributed by atoms with van der Waals surface area (Å²) in [7, 11) is 2.06. The van der Waals surface area contributed by atoms with Gasteiger partial charge in [-0.1, -0.05) is 29.8 Å². The number of aromatic nitrogens is 2. The number of nitrogens with zero attached hydrogens (tertiary/aromatic N) is 4. The van der Waals surface area contributed by atoms with Crippen LogP contribution in [0.2, 0.25) is 5.15 Å². The zero-order chi connectivity index (χ0) is 14.8. The summed E-state index contributed by atoms with van der Waals surface area (Å²) in [4.78, 5) is 16.6. The van der Waals surface area contributed by atoms with Crippen LogP contribution in [0.15, 0.2) is 36.5 Å². The van der Waals surface area contributed by atoms with Gasteiger partial charge in [-0.3, -0.25) is 4.79 Å². The predicted octanol–water partition coefficient (Wildman–Crippen LogP) is 1.91. The molecule has 1 aliphatic heterocycles. The molecule has 3 rings (SSSR count). The number of carbonyl (C=O) groups is 1. The van der Waals surface area contributed by atoms with Crippen LogP contribution in [0.5, 0.6) is 0 Å². The van der Waals surface area contributed by atoms with Crippen molar-refractivity contribution >= 4 is 17.5 Å². The van der Waals surface area contributed by atoms with Gasteiger partial charge in [-0.25, -0.2) is 4.68 Å². The molecule has 0 bridgehead atoms. The van der Waals surface area contributed by atoms with Crippen molar-refractivity contribution in [1.29, 1.82) is 0 Å². The molecule has 110 valence electrons. The first-order valence-electron chi connectivity index (χ1n) is 6.93. The number of likely N-dealkylation sites (N-methyl/N-ethyl adjacent to an activating group) is 1. The number of piperazine rings is 1. The van der Waals surface area contributed by atoms with Gasteiger partial charge in [0.05, 0.1) is 17.4 Å². The third kappa shape index (κ3) is 2.80. The summed E-state index contributed by atoms with van der Waals surface area (Å²) in [6, 6.07) is 9.56. The molecule has 2 aromatic rings. The first-order valence-corrected chi connectivity index (χ1v) is 7.31. The van der Waals surface area contributed by atoms with E-state index in [1.165, 1.54) is 0 Å². The van der Waals surface area contributed by atoms with E-state index in [9.17, 15) is 4.79 Å². The fourth-order valence-corrected chi connectivity index (χ4v) is 2.68. The van der Waals surface area contributed by atoms with Crippen LogP contribution >= 0.6 is 11.6 Å². The molecule has 0 atom stereocenters. The highest BCUT2D eigenvalue weighted by Crippen LogP contribution is 2.21. The van der Waals surface area contributed by atoms with Crippen molar-refractivity contribution in [2.45, 2.75) is 0 Å². The minimum atomic E-state index is -0.0460. The molecule has 21 heavy (non-hydrogen) atoms. The monoisotopic (exact) mass is 304 g/mol. The molecular weight excluding hydrogens is 288 g/mol. The Morgan fingerprint density at radius 3 is 2.48 bits per heavy atom. The number of rotatable bonds is 2. The van der Waals surface area contributed by atoms with Crippen molar-refractivity contribution in [3.63, 3.8) is 0 Å². The number of para-hydroxylation sites is 1. The molecule has 1 saturated heterocycles. The lowest BCUT2D eigenvalue weighted by atomic mass is 10.2. The van der Waals surface area contributed by atoms with Crippen molar-refractivity contribution in [3.8, 4) is 5.69 Å². The van der Waals surface area contributed by atoms with E-state index in [0.29, 0.717) is 10.7 Å². The Bertz CT molecular complexity index is 632. The lowest BCUT2D eigenvalue weighted by molar-refractivity contribution is 0.0664. The Hall–Kier alpha value is -1.85. The van der Waals surface area contributed by atoms with Crippen LogP contribution in [0.1, 0.15) is 10.4 Å². The predicted molar refractivity (Wildman–Crippen MR) is 82.0 cm³/mol. The lowest BCUT2D eigenvalue weighted by Crippen LogP contribution is -2.47. The number of benzene rings is 1. The zero-order valence-electron chi connectivity index (χ0n) is 11.9. The maximum atomic E-state index is 12.5. The fraction of sp³-hybridized carbons (Fsp3) is 0.333. The number of amides is 1. The normalized spacial score (nSPS) is 16.2. The zero-order valence-corrected chi connectivity index (χ0v) is 12.6. The summed E-state index contributed by atoms with van der Waals surface area (Å²) in [6.07, 6.45) is 1.55. The molecular formula is C15H17ClN4O. The van der Waals surface area contributed by atoms with Crippen molar-refractivity contribution in [2.24, 2.45) is 0 Å². The molecule has 1 aliphatic rings. The summed E-state index contributed by atoms with van der Waals surface area (Å²) in [5.41, 5.74) is 1.31. The Morgan fingerprint density at radius 2 is 1.81 bits per heavy atom. The molecule has 1 aromatic heterocycles. The highest BCUT2D eigenvalue weighted by atomic mass is 35.5. The lowest BCUT2D eigenvalue weighted by Gasteiger charge is -2.32. The second kappa shape index (κ2) is 5.87. The van der Waals surface area contributed by atoms with E-state index in [1.807, 2.05) is 35.2 Å². The highest BCUT2D eigenvalue weighted by Gasteiger charge is 2.24. The van der Waals surface area contributed by atoms with Crippen molar-refractivity contribution < 1.29 is 4.79 Å². The number of hydrogen-bond donors (Lipinski definition) is 0. The molecule has 0 N–H and O–H groups in total. The topological polar surface area (TPSA) is 41.4 Å². The number of carbonyl (C=O) groups excluding carboxylic acids is 1. The van der Waals surface area contributed by atoms with E-state index < -0.39 is 0 Å². The second-order valence-electron chi connectivity index (χ2n) is 5.19. The van der Waals surface area contributed by atoms with E-state index in [0.717, 1.165) is 31.9 Å². The Balaban J connectivity index is 1.84. The number of halogens is 1. The van der Waals surface area contributed by atoms with Gasteiger partial charge in [0.25, 0.3) is 5.91 Å². The van der Waals surface area contributed by atoms with Gasteiger partial charge in [0.2, 0.25) is 0 Å². The van der Waals surface area contributed by atoms with Crippen LogP contribution in [-0.2, 0) is 0 Å². The average Bonchev–Trinajstić information content (AvgIpc) is 2.90. The first-order chi connectivity index (χ1) is 10.2. The smallest absolute Gasteiger partial charge is 0.258 e. The minimum Gasteiger partial charge on any atom is -0.336 e. The van der Waals surface area contributed by atoms with E-state index in [2.05, 4.69) is 17.0 Å². The van der Waals surface area contributed by atoms with Gasteiger partial charge in [-0.2, -0.15) is 5.10 Å². The average molecular weight is 305 g/mol. The summed E-state index contributed by atoms with van der Waals surface area (Å²) in [5.74, 6) is -0.0460. The van der Waals surface area contributed by atoms with E-state index in [-0.39, 0.29) is 5.91 Å². The van der Waals surface area contributed by atoms with Crippen LogP contribution in [0, 0.1) is 0 Å². The Labute approximate surface area is 128 Å². The third-order valence-electron chi connectivity index (χ3n) is 3.73. The maximum absolute atomic E-state index is 12.5. The Morgan fingerprint density at radius 1 is 1.14 bits per heavy atom. The van der Waals surface area contributed by atoms with Crippen molar-refractivity contribution in [1.82, 2.24) is 19.6 Å². The first kappa shape index (κ1) is 14.1. The van der Waals surface area contributed by atoms with Crippen LogP contribution in [0.25, 0.3) is 5.69 Å². The van der Waals surface area contributed by atoms with Gasteiger partial charge in [-0.15, -0.1) is 0 Å². The maximum Gasteiger partial charge on any atom is 0.258 e. The Kier molecular flexibility index (Phi) is 3.94. The summed E-state index contributed by atoms with van der Waals surface area (Å²) in [6.45, 7) is 3.22. The van der Waals surface area contributed by atoms with Gasteiger partial charge >= 0.3 is 0 Å². The molecule has 0 saturated carbocycles. The van der Waals surface area contributed by atoms with Gasteiger partial charge < -0.3 is 9.80 Å². The summed E-state index contributed by atoms with van der Waals surface area (Å²) in [5, 5.41) is 4.61. The standard InChI is InChI=1S/C15H17ClN4O/c1-18-7-9-19(10-8-18)15(21)13-11-17-20(14(13)16)12-5-3-2-4-6-12/h2-6,11H,7-10H2,1H3.